The molecule has 0 aliphatic rings. The normalized spacial score (nSPS) is 10.2. The Labute approximate surface area is 118 Å². The average molecular weight is 368 g/mol. The predicted octanol–water partition coefficient (Wildman–Crippen LogP) is 1.95. The Morgan fingerprint density at radius 2 is 1.67 bits per heavy atom. The van der Waals surface area contributed by atoms with Crippen LogP contribution in [0.25, 0.3) is 0 Å². The standard InChI is InChI=1S/C11H13IO6/c1-15-5-17-9-3-7(11(13)14)8(12)4-10(9)18-6-16-2/h3-4H,5-6H2,1-2H3,(H,13,14). The summed E-state index contributed by atoms with van der Waals surface area (Å²) < 4.78 is 20.7. The van der Waals surface area contributed by atoms with Gasteiger partial charge in [-0.05, 0) is 34.7 Å². The largest absolute Gasteiger partial charge is 0.478 e. The molecule has 0 saturated heterocycles. The highest BCUT2D eigenvalue weighted by atomic mass is 127. The second-order valence-electron chi connectivity index (χ2n) is 3.19. The van der Waals surface area contributed by atoms with Crippen molar-refractivity contribution in [2.75, 3.05) is 27.8 Å². The number of hydrogen-bond acceptors (Lipinski definition) is 5. The van der Waals surface area contributed by atoms with E-state index >= 15 is 0 Å². The monoisotopic (exact) mass is 368 g/mol. The van der Waals surface area contributed by atoms with E-state index in [1.54, 1.807) is 6.07 Å². The Bertz CT molecular complexity index is 420. The van der Waals surface area contributed by atoms with Crippen LogP contribution >= 0.6 is 22.6 Å². The number of rotatable bonds is 7. The lowest BCUT2D eigenvalue weighted by Gasteiger charge is -2.13. The molecule has 0 aliphatic carbocycles. The number of ether oxygens (including phenoxy) is 4. The fourth-order valence-corrected chi connectivity index (χ4v) is 1.84. The van der Waals surface area contributed by atoms with Gasteiger partial charge in [-0.15, -0.1) is 0 Å². The number of halogens is 1. The van der Waals surface area contributed by atoms with Gasteiger partial charge in [0, 0.05) is 17.8 Å². The molecule has 7 heteroatoms. The van der Waals surface area contributed by atoms with Crippen molar-refractivity contribution in [1.82, 2.24) is 0 Å². The molecule has 1 N–H and O–H groups in total. The second-order valence-corrected chi connectivity index (χ2v) is 4.35. The van der Waals surface area contributed by atoms with Crippen LogP contribution in [0.5, 0.6) is 11.5 Å². The van der Waals surface area contributed by atoms with Crippen molar-refractivity contribution in [2.24, 2.45) is 0 Å². The van der Waals surface area contributed by atoms with Gasteiger partial charge >= 0.3 is 5.97 Å². The van der Waals surface area contributed by atoms with Crippen LogP contribution in [-0.4, -0.2) is 38.9 Å². The van der Waals surface area contributed by atoms with Crippen LogP contribution in [0.4, 0.5) is 0 Å². The molecular weight excluding hydrogens is 355 g/mol. The van der Waals surface area contributed by atoms with Crippen molar-refractivity contribution in [3.63, 3.8) is 0 Å². The van der Waals surface area contributed by atoms with E-state index in [0.29, 0.717) is 15.1 Å². The van der Waals surface area contributed by atoms with Gasteiger partial charge in [-0.2, -0.15) is 0 Å². The molecule has 0 aromatic heterocycles. The summed E-state index contributed by atoms with van der Waals surface area (Å²) >= 11 is 1.92. The number of carboxylic acid groups (broad SMARTS) is 1. The number of methoxy groups -OCH3 is 2. The third kappa shape index (κ3) is 4.00. The first-order valence-electron chi connectivity index (χ1n) is 4.90. The summed E-state index contributed by atoms with van der Waals surface area (Å²) in [6.45, 7) is 0.0504. The number of hydrogen-bond donors (Lipinski definition) is 1. The van der Waals surface area contributed by atoms with Gasteiger partial charge in [0.2, 0.25) is 0 Å². The van der Waals surface area contributed by atoms with Crippen molar-refractivity contribution in [3.05, 3.63) is 21.3 Å². The number of benzene rings is 1. The highest BCUT2D eigenvalue weighted by Gasteiger charge is 2.15. The molecule has 0 atom stereocenters. The first kappa shape index (κ1) is 15.0. The van der Waals surface area contributed by atoms with Gasteiger partial charge in [0.15, 0.2) is 25.1 Å². The summed E-state index contributed by atoms with van der Waals surface area (Å²) in [5.41, 5.74) is 0.145. The van der Waals surface area contributed by atoms with Crippen LogP contribution in [0, 0.1) is 3.57 Å². The molecule has 0 heterocycles. The smallest absolute Gasteiger partial charge is 0.336 e. The fraction of sp³-hybridized carbons (Fsp3) is 0.364. The first-order valence-corrected chi connectivity index (χ1v) is 5.98. The summed E-state index contributed by atoms with van der Waals surface area (Å²) in [7, 11) is 2.97. The molecule has 0 amide bonds. The molecule has 1 rings (SSSR count). The quantitative estimate of drug-likeness (QED) is 0.586. The van der Waals surface area contributed by atoms with Crippen LogP contribution in [-0.2, 0) is 9.47 Å². The molecule has 1 aromatic rings. The number of aromatic carboxylic acids is 1. The van der Waals surface area contributed by atoms with Crippen molar-refractivity contribution in [3.8, 4) is 11.5 Å². The maximum atomic E-state index is 11.0. The summed E-state index contributed by atoms with van der Waals surface area (Å²) in [4.78, 5) is 11.0. The Hall–Kier alpha value is -1.06. The minimum Gasteiger partial charge on any atom is -0.478 e. The van der Waals surface area contributed by atoms with E-state index in [-0.39, 0.29) is 19.1 Å². The Morgan fingerprint density at radius 1 is 1.17 bits per heavy atom. The highest BCUT2D eigenvalue weighted by Crippen LogP contribution is 2.32. The lowest BCUT2D eigenvalue weighted by Crippen LogP contribution is -2.07. The highest BCUT2D eigenvalue weighted by molar-refractivity contribution is 14.1. The van der Waals surface area contributed by atoms with E-state index in [4.69, 9.17) is 24.1 Å². The SMILES string of the molecule is COCOc1cc(I)c(C(=O)O)cc1OCOC. The molecule has 0 bridgehead atoms. The predicted molar refractivity (Wildman–Crippen MR) is 71.1 cm³/mol. The van der Waals surface area contributed by atoms with Crippen LogP contribution in [0.3, 0.4) is 0 Å². The lowest BCUT2D eigenvalue weighted by atomic mass is 10.2. The minimum absolute atomic E-state index is 0.00297. The average Bonchev–Trinajstić information content (AvgIpc) is 2.34. The third-order valence-corrected chi connectivity index (χ3v) is 2.82. The van der Waals surface area contributed by atoms with Gasteiger partial charge in [0.1, 0.15) is 0 Å². The lowest BCUT2D eigenvalue weighted by molar-refractivity contribution is 0.0320. The molecule has 0 radical (unpaired) electrons. The van der Waals surface area contributed by atoms with E-state index in [1.807, 2.05) is 22.6 Å². The topological polar surface area (TPSA) is 74.2 Å². The van der Waals surface area contributed by atoms with Crippen LogP contribution < -0.4 is 9.47 Å². The van der Waals surface area contributed by atoms with E-state index < -0.39 is 5.97 Å². The number of carboxylic acids is 1. The molecule has 0 unspecified atom stereocenters. The van der Waals surface area contributed by atoms with E-state index in [9.17, 15) is 4.79 Å². The molecule has 1 aromatic carbocycles. The maximum absolute atomic E-state index is 11.0. The van der Waals surface area contributed by atoms with Crippen LogP contribution in [0.1, 0.15) is 10.4 Å². The molecule has 0 saturated carbocycles. The van der Waals surface area contributed by atoms with Gasteiger partial charge in [-0.1, -0.05) is 0 Å². The van der Waals surface area contributed by atoms with Crippen LogP contribution in [0.15, 0.2) is 12.1 Å². The molecule has 0 spiro atoms. The Morgan fingerprint density at radius 3 is 2.11 bits per heavy atom. The zero-order chi connectivity index (χ0) is 13.5. The zero-order valence-electron chi connectivity index (χ0n) is 9.94. The maximum Gasteiger partial charge on any atom is 0.336 e. The van der Waals surface area contributed by atoms with Gasteiger partial charge in [0.25, 0.3) is 0 Å². The fourth-order valence-electron chi connectivity index (χ4n) is 1.17. The molecule has 0 fully saturated rings. The van der Waals surface area contributed by atoms with Crippen molar-refractivity contribution in [1.29, 1.82) is 0 Å². The summed E-state index contributed by atoms with van der Waals surface area (Å²) in [6.07, 6.45) is 0. The number of carbonyl (C=O) groups is 1. The van der Waals surface area contributed by atoms with E-state index in [2.05, 4.69) is 0 Å². The second kappa shape index (κ2) is 7.39. The van der Waals surface area contributed by atoms with Crippen molar-refractivity contribution in [2.45, 2.75) is 0 Å². The molecule has 100 valence electrons. The summed E-state index contributed by atoms with van der Waals surface area (Å²) in [5, 5.41) is 9.03. The third-order valence-electron chi connectivity index (χ3n) is 1.93. The Kier molecular flexibility index (Phi) is 6.16. The minimum atomic E-state index is -1.03. The van der Waals surface area contributed by atoms with Gasteiger partial charge in [0.05, 0.1) is 5.56 Å². The Balaban J connectivity index is 3.06. The molecule has 0 aliphatic heterocycles. The van der Waals surface area contributed by atoms with E-state index in [1.165, 1.54) is 20.3 Å². The first-order chi connectivity index (χ1) is 8.60. The van der Waals surface area contributed by atoms with Crippen molar-refractivity contribution >= 4 is 28.6 Å². The van der Waals surface area contributed by atoms with Gasteiger partial charge in [-0.25, -0.2) is 4.79 Å². The van der Waals surface area contributed by atoms with Crippen LogP contribution in [0.2, 0.25) is 0 Å². The van der Waals surface area contributed by atoms with E-state index in [0.717, 1.165) is 0 Å². The molecular formula is C11H13IO6. The molecule has 18 heavy (non-hydrogen) atoms. The van der Waals surface area contributed by atoms with Gasteiger partial charge in [-0.3, -0.25) is 0 Å². The molecule has 6 nitrogen and oxygen atoms in total. The zero-order valence-corrected chi connectivity index (χ0v) is 12.1. The summed E-state index contributed by atoms with van der Waals surface area (Å²) in [6, 6.07) is 2.97. The van der Waals surface area contributed by atoms with Gasteiger partial charge < -0.3 is 24.1 Å². The van der Waals surface area contributed by atoms with Crippen molar-refractivity contribution < 1.29 is 28.8 Å². The summed E-state index contributed by atoms with van der Waals surface area (Å²) in [5.74, 6) is -0.324.